The molecule has 0 saturated carbocycles. The number of ether oxygens (including phenoxy) is 1. The van der Waals surface area contributed by atoms with Gasteiger partial charge in [0.1, 0.15) is 18.2 Å². The molecular formula is C24H31N3O4. The Morgan fingerprint density at radius 1 is 1.19 bits per heavy atom. The molecule has 0 aliphatic rings. The van der Waals surface area contributed by atoms with Crippen molar-refractivity contribution < 1.29 is 19.1 Å². The molecule has 0 aromatic heterocycles. The average molecular weight is 426 g/mol. The quantitative estimate of drug-likeness (QED) is 0.495. The van der Waals surface area contributed by atoms with Gasteiger partial charge in [0, 0.05) is 23.2 Å². The Kier molecular flexibility index (Phi) is 9.63. The maximum Gasteiger partial charge on any atom is 0.408 e. The smallest absolute Gasteiger partial charge is 0.408 e. The minimum absolute atomic E-state index is 0.118. The number of nitrogens with one attached hydrogen (secondary N) is 2. The summed E-state index contributed by atoms with van der Waals surface area (Å²) in [5, 5.41) is 5.26. The number of nitrogens with zero attached hydrogens (tertiary/aromatic N) is 1. The predicted molar refractivity (Wildman–Crippen MR) is 120 cm³/mol. The van der Waals surface area contributed by atoms with Crippen molar-refractivity contribution in [2.24, 2.45) is 0 Å². The summed E-state index contributed by atoms with van der Waals surface area (Å²) >= 11 is 0. The van der Waals surface area contributed by atoms with Crippen LogP contribution in [0.5, 0.6) is 0 Å². The molecule has 2 N–H and O–H groups in total. The molecule has 1 aromatic carbocycles. The zero-order valence-electron chi connectivity index (χ0n) is 18.8. The van der Waals surface area contributed by atoms with Gasteiger partial charge in [-0.15, -0.1) is 6.42 Å². The summed E-state index contributed by atoms with van der Waals surface area (Å²) in [5.74, 6) is 1.43. The highest BCUT2D eigenvalue weighted by atomic mass is 16.6. The van der Waals surface area contributed by atoms with Crippen LogP contribution in [-0.2, 0) is 14.3 Å². The first-order valence-corrected chi connectivity index (χ1v) is 10.1. The van der Waals surface area contributed by atoms with Crippen molar-refractivity contribution in [2.75, 3.05) is 6.54 Å². The second-order valence-electron chi connectivity index (χ2n) is 8.08. The Labute approximate surface area is 184 Å². The molecule has 3 amide bonds. The average Bonchev–Trinajstić information content (AvgIpc) is 2.68. The number of carbonyl (C=O) groups excluding carboxylic acids is 3. The van der Waals surface area contributed by atoms with Crippen molar-refractivity contribution in [3.63, 3.8) is 0 Å². The van der Waals surface area contributed by atoms with Crippen LogP contribution in [0.25, 0.3) is 0 Å². The highest BCUT2D eigenvalue weighted by molar-refractivity contribution is 5.92. The first-order chi connectivity index (χ1) is 14.5. The number of rotatable bonds is 8. The third kappa shape index (κ3) is 8.06. The van der Waals surface area contributed by atoms with E-state index in [-0.39, 0.29) is 6.04 Å². The van der Waals surface area contributed by atoms with Crippen molar-refractivity contribution in [2.45, 2.75) is 65.1 Å². The molecule has 166 valence electrons. The predicted octanol–water partition coefficient (Wildman–Crippen LogP) is 2.96. The Morgan fingerprint density at radius 2 is 1.84 bits per heavy atom. The van der Waals surface area contributed by atoms with Crippen LogP contribution in [0.15, 0.2) is 24.3 Å². The zero-order valence-corrected chi connectivity index (χ0v) is 18.8. The van der Waals surface area contributed by atoms with Crippen molar-refractivity contribution in [3.8, 4) is 24.8 Å². The van der Waals surface area contributed by atoms with Gasteiger partial charge in [0.25, 0.3) is 5.91 Å². The number of amides is 3. The third-order valence-corrected chi connectivity index (χ3v) is 4.22. The molecule has 0 aliphatic heterocycles. The summed E-state index contributed by atoms with van der Waals surface area (Å²) in [5.41, 5.74) is 0.149. The zero-order chi connectivity index (χ0) is 23.6. The topological polar surface area (TPSA) is 87.7 Å². The Bertz CT molecular complexity index is 874. The van der Waals surface area contributed by atoms with Gasteiger partial charge in [0.15, 0.2) is 0 Å². The first kappa shape index (κ1) is 25.6. The molecule has 2 atom stereocenters. The van der Waals surface area contributed by atoms with E-state index in [4.69, 9.17) is 17.6 Å². The summed E-state index contributed by atoms with van der Waals surface area (Å²) in [4.78, 5) is 38.9. The lowest BCUT2D eigenvalue weighted by atomic mass is 9.98. The molecule has 2 unspecified atom stereocenters. The molecule has 0 radical (unpaired) electrons. The lowest BCUT2D eigenvalue weighted by molar-refractivity contribution is -0.136. The summed E-state index contributed by atoms with van der Waals surface area (Å²) in [7, 11) is 0. The number of benzene rings is 1. The fourth-order valence-corrected chi connectivity index (χ4v) is 2.93. The number of carbonyl (C=O) groups is 3. The van der Waals surface area contributed by atoms with Gasteiger partial charge in [0.05, 0.1) is 0 Å². The Hall–Kier alpha value is -3.45. The molecule has 7 heteroatoms. The lowest BCUT2D eigenvalue weighted by Gasteiger charge is -2.28. The van der Waals surface area contributed by atoms with Gasteiger partial charge < -0.3 is 15.4 Å². The van der Waals surface area contributed by atoms with Crippen LogP contribution in [0, 0.1) is 24.8 Å². The molecule has 0 saturated heterocycles. The van der Waals surface area contributed by atoms with Crippen molar-refractivity contribution in [3.05, 3.63) is 35.4 Å². The molecule has 1 aromatic rings. The fraction of sp³-hybridized carbons (Fsp3) is 0.458. The van der Waals surface area contributed by atoms with Gasteiger partial charge in [-0.25, -0.2) is 4.79 Å². The van der Waals surface area contributed by atoms with Crippen LogP contribution in [0.1, 0.15) is 64.6 Å². The highest BCUT2D eigenvalue weighted by Gasteiger charge is 2.33. The summed E-state index contributed by atoms with van der Waals surface area (Å²) in [6.07, 6.45) is 12.1. The molecule has 0 spiro atoms. The van der Waals surface area contributed by atoms with E-state index in [1.165, 1.54) is 0 Å². The molecular weight excluding hydrogens is 394 g/mol. The second kappa shape index (κ2) is 11.7. The molecule has 0 bridgehead atoms. The van der Waals surface area contributed by atoms with E-state index in [2.05, 4.69) is 22.6 Å². The lowest BCUT2D eigenvalue weighted by Crippen LogP contribution is -2.47. The molecule has 0 fully saturated rings. The van der Waals surface area contributed by atoms with E-state index in [0.29, 0.717) is 11.1 Å². The van der Waals surface area contributed by atoms with Gasteiger partial charge in [-0.1, -0.05) is 43.9 Å². The van der Waals surface area contributed by atoms with E-state index >= 15 is 0 Å². The summed E-state index contributed by atoms with van der Waals surface area (Å²) in [6.45, 7) is 8.56. The van der Waals surface area contributed by atoms with Crippen LogP contribution >= 0.6 is 0 Å². The molecule has 0 heterocycles. The van der Waals surface area contributed by atoms with E-state index in [0.717, 1.165) is 17.7 Å². The second-order valence-corrected chi connectivity index (χ2v) is 8.08. The number of terminal acetylenes is 2. The summed E-state index contributed by atoms with van der Waals surface area (Å²) in [6, 6.07) is 7.78. The largest absolute Gasteiger partial charge is 0.444 e. The third-order valence-electron chi connectivity index (χ3n) is 4.22. The van der Waals surface area contributed by atoms with E-state index in [1.54, 1.807) is 45.0 Å². The number of hydrogen-bond donors (Lipinski definition) is 2. The van der Waals surface area contributed by atoms with Gasteiger partial charge in [-0.3, -0.25) is 14.5 Å². The number of alkyl carbamates (subject to hydrolysis) is 1. The van der Waals surface area contributed by atoms with Crippen LogP contribution in [-0.4, -0.2) is 41.0 Å². The van der Waals surface area contributed by atoms with Crippen molar-refractivity contribution in [1.82, 2.24) is 15.5 Å². The van der Waals surface area contributed by atoms with Crippen LogP contribution < -0.4 is 10.6 Å². The minimum atomic E-state index is -1.15. The normalized spacial score (nSPS) is 12.5. The SMILES string of the molecule is C#Cc1ccccc1C(C(=O)NC(C)CCC)N(C#C)C(=O)CNC(=O)OC(C)(C)C. The Morgan fingerprint density at radius 3 is 2.39 bits per heavy atom. The number of hydrogen-bond acceptors (Lipinski definition) is 4. The monoisotopic (exact) mass is 425 g/mol. The van der Waals surface area contributed by atoms with Gasteiger partial charge >= 0.3 is 6.09 Å². The highest BCUT2D eigenvalue weighted by Crippen LogP contribution is 2.24. The standard InChI is InChI=1S/C24H31N3O4/c1-8-13-17(4)26-22(29)21(19-15-12-11-14-18(19)9-2)27(10-3)20(28)16-25-23(30)31-24(5,6)7/h2-3,11-12,14-15,17,21H,8,13,16H2,1,4-7H3,(H,25,30)(H,26,29). The Balaban J connectivity index is 3.18. The summed E-state index contributed by atoms with van der Waals surface area (Å²) < 4.78 is 5.13. The van der Waals surface area contributed by atoms with Crippen LogP contribution in [0.4, 0.5) is 4.79 Å². The molecule has 7 nitrogen and oxygen atoms in total. The van der Waals surface area contributed by atoms with E-state index < -0.39 is 36.1 Å². The molecule has 0 aliphatic carbocycles. The van der Waals surface area contributed by atoms with Crippen molar-refractivity contribution >= 4 is 17.9 Å². The molecule has 1 rings (SSSR count). The maximum absolute atomic E-state index is 13.1. The maximum atomic E-state index is 13.1. The van der Waals surface area contributed by atoms with Gasteiger partial charge in [-0.2, -0.15) is 0 Å². The van der Waals surface area contributed by atoms with Crippen LogP contribution in [0.2, 0.25) is 0 Å². The van der Waals surface area contributed by atoms with Crippen LogP contribution in [0.3, 0.4) is 0 Å². The van der Waals surface area contributed by atoms with Crippen molar-refractivity contribution in [1.29, 1.82) is 0 Å². The molecule has 31 heavy (non-hydrogen) atoms. The fourth-order valence-electron chi connectivity index (χ4n) is 2.93. The van der Waals surface area contributed by atoms with E-state index in [1.807, 2.05) is 13.8 Å². The minimum Gasteiger partial charge on any atom is -0.444 e. The first-order valence-electron chi connectivity index (χ1n) is 10.1. The van der Waals surface area contributed by atoms with Gasteiger partial charge in [0.2, 0.25) is 5.91 Å². The van der Waals surface area contributed by atoms with E-state index in [9.17, 15) is 14.4 Å². The van der Waals surface area contributed by atoms with Gasteiger partial charge in [-0.05, 0) is 40.2 Å².